The highest BCUT2D eigenvalue weighted by Gasteiger charge is 2.34. The van der Waals surface area contributed by atoms with Gasteiger partial charge in [-0.25, -0.2) is 13.5 Å². The van der Waals surface area contributed by atoms with Crippen molar-refractivity contribution in [3.63, 3.8) is 0 Å². The van der Waals surface area contributed by atoms with E-state index in [9.17, 15) is 30.7 Å². The second-order valence-electron chi connectivity index (χ2n) is 4.55. The summed E-state index contributed by atoms with van der Waals surface area (Å²) in [4.78, 5) is -0.680. The molecular weight excluding hydrogens is 434 g/mol. The molecule has 1 unspecified atom stereocenters. The van der Waals surface area contributed by atoms with Gasteiger partial charge in [-0.2, -0.15) is 32.3 Å². The van der Waals surface area contributed by atoms with Crippen LogP contribution >= 0.6 is 35.0 Å². The predicted molar refractivity (Wildman–Crippen MR) is 79.8 cm³/mol. The first-order valence-electron chi connectivity index (χ1n) is 6.30. The van der Waals surface area contributed by atoms with E-state index in [2.05, 4.69) is 5.10 Å². The summed E-state index contributed by atoms with van der Waals surface area (Å²) in [5, 5.41) is 11.6. The van der Waals surface area contributed by atoms with Gasteiger partial charge in [-0.1, -0.05) is 35.0 Å². The highest BCUT2D eigenvalue weighted by atomic mass is 35.5. The Morgan fingerprint density at radius 2 is 1.85 bits per heavy atom. The summed E-state index contributed by atoms with van der Waals surface area (Å²) >= 11 is 10.7. The summed E-state index contributed by atoms with van der Waals surface area (Å²) in [5.41, 5.74) is -6.39. The average Bonchev–Trinajstić information content (AvgIpc) is 2.83. The highest BCUT2D eigenvalue weighted by Crippen LogP contribution is 2.41. The maximum absolute atomic E-state index is 14.2. The number of thioether (sulfide) groups is 1. The predicted octanol–water partition coefficient (Wildman–Crippen LogP) is 6.08. The van der Waals surface area contributed by atoms with Crippen LogP contribution in [0.3, 0.4) is 0 Å². The molecular formula is C13H4Cl2F7N3S. The van der Waals surface area contributed by atoms with Crippen molar-refractivity contribution >= 4 is 35.0 Å². The zero-order valence-electron chi connectivity index (χ0n) is 12.0. The van der Waals surface area contributed by atoms with Crippen LogP contribution in [0.2, 0.25) is 5.02 Å². The first kappa shape index (κ1) is 20.7. The molecule has 1 aromatic carbocycles. The molecule has 2 aromatic rings. The lowest BCUT2D eigenvalue weighted by Crippen LogP contribution is -2.10. The van der Waals surface area contributed by atoms with E-state index in [1.54, 1.807) is 0 Å². The molecule has 0 fully saturated rings. The Labute approximate surface area is 155 Å². The fourth-order valence-corrected chi connectivity index (χ4v) is 3.23. The zero-order chi connectivity index (χ0) is 19.8. The normalized spacial score (nSPS) is 13.1. The van der Waals surface area contributed by atoms with Crippen LogP contribution in [0.4, 0.5) is 30.7 Å². The number of benzene rings is 1. The maximum Gasteiger partial charge on any atom is 0.416 e. The van der Waals surface area contributed by atoms with Crippen molar-refractivity contribution < 1.29 is 30.7 Å². The lowest BCUT2D eigenvalue weighted by atomic mass is 10.2. The standard InChI is InChI=1S/C13H4Cl2F7N3S/c14-5-1-4(13(20,21)22)2-6(16)8(5)25-9(11(15)17)10(26-12(18)19)7(3-23)24-25/h1-2,11-12H. The summed E-state index contributed by atoms with van der Waals surface area (Å²) in [6.07, 6.45) is -4.92. The lowest BCUT2D eigenvalue weighted by Gasteiger charge is -2.14. The molecule has 0 aliphatic rings. The Morgan fingerprint density at radius 1 is 1.23 bits per heavy atom. The number of nitrogens with zero attached hydrogens (tertiary/aromatic N) is 3. The molecule has 0 saturated heterocycles. The number of alkyl halides is 7. The number of halogens is 9. The molecule has 13 heteroatoms. The van der Waals surface area contributed by atoms with E-state index < -0.39 is 55.9 Å². The molecule has 2 rings (SSSR count). The fourth-order valence-electron chi connectivity index (χ4n) is 1.99. The van der Waals surface area contributed by atoms with Gasteiger partial charge >= 0.3 is 6.18 Å². The number of rotatable bonds is 4. The third-order valence-corrected chi connectivity index (χ3v) is 4.26. The molecule has 0 bridgehead atoms. The quantitative estimate of drug-likeness (QED) is 0.330. The minimum Gasteiger partial charge on any atom is -0.226 e. The Balaban J connectivity index is 2.77. The molecule has 0 aliphatic carbocycles. The van der Waals surface area contributed by atoms with Crippen molar-refractivity contribution in [1.29, 1.82) is 5.26 Å². The number of hydrogen-bond donors (Lipinski definition) is 0. The van der Waals surface area contributed by atoms with E-state index in [1.807, 2.05) is 0 Å². The van der Waals surface area contributed by atoms with Gasteiger partial charge in [0.05, 0.1) is 15.5 Å². The van der Waals surface area contributed by atoms with E-state index in [-0.39, 0.29) is 17.8 Å². The fraction of sp³-hybridized carbons (Fsp3) is 0.231. The Hall–Kier alpha value is -1.64. The summed E-state index contributed by atoms with van der Waals surface area (Å²) in [6.45, 7) is 0. The van der Waals surface area contributed by atoms with Gasteiger partial charge < -0.3 is 0 Å². The van der Waals surface area contributed by atoms with Crippen LogP contribution in [0, 0.1) is 17.1 Å². The number of aromatic nitrogens is 2. The van der Waals surface area contributed by atoms with Crippen LogP contribution in [0.5, 0.6) is 0 Å². The van der Waals surface area contributed by atoms with Crippen LogP contribution in [-0.4, -0.2) is 15.5 Å². The van der Waals surface area contributed by atoms with Gasteiger partial charge in [0.15, 0.2) is 11.5 Å². The average molecular weight is 438 g/mol. The van der Waals surface area contributed by atoms with Crippen LogP contribution in [0.25, 0.3) is 5.69 Å². The molecule has 0 saturated carbocycles. The molecule has 1 aromatic heterocycles. The summed E-state index contributed by atoms with van der Waals surface area (Å²) < 4.78 is 91.7. The summed E-state index contributed by atoms with van der Waals surface area (Å²) in [5.74, 6) is -4.66. The van der Waals surface area contributed by atoms with Crippen molar-refractivity contribution in [2.24, 2.45) is 0 Å². The van der Waals surface area contributed by atoms with Crippen molar-refractivity contribution in [1.82, 2.24) is 9.78 Å². The lowest BCUT2D eigenvalue weighted by molar-refractivity contribution is -0.137. The second-order valence-corrected chi connectivity index (χ2v) is 6.34. The van der Waals surface area contributed by atoms with Crippen LogP contribution < -0.4 is 0 Å². The SMILES string of the molecule is N#Cc1nn(-c2c(F)cc(C(F)(F)F)cc2Cl)c(C(F)Cl)c1SC(F)F. The molecule has 0 radical (unpaired) electrons. The summed E-state index contributed by atoms with van der Waals surface area (Å²) in [6, 6.07) is 1.82. The summed E-state index contributed by atoms with van der Waals surface area (Å²) in [7, 11) is 0. The number of hydrogen-bond acceptors (Lipinski definition) is 3. The van der Waals surface area contributed by atoms with Crippen LogP contribution in [0.1, 0.15) is 22.6 Å². The third-order valence-electron chi connectivity index (χ3n) is 2.95. The Morgan fingerprint density at radius 3 is 2.27 bits per heavy atom. The van der Waals surface area contributed by atoms with E-state index in [1.165, 1.54) is 6.07 Å². The third kappa shape index (κ3) is 4.02. The maximum atomic E-state index is 14.2. The minimum absolute atomic E-state index is 0.0696. The van der Waals surface area contributed by atoms with Crippen molar-refractivity contribution in [3.05, 3.63) is 39.9 Å². The molecule has 3 nitrogen and oxygen atoms in total. The van der Waals surface area contributed by atoms with Crippen LogP contribution in [0.15, 0.2) is 17.0 Å². The largest absolute Gasteiger partial charge is 0.416 e. The smallest absolute Gasteiger partial charge is 0.226 e. The van der Waals surface area contributed by atoms with Gasteiger partial charge in [0.25, 0.3) is 5.76 Å². The van der Waals surface area contributed by atoms with E-state index in [0.717, 1.165) is 0 Å². The Kier molecular flexibility index (Phi) is 5.99. The zero-order valence-corrected chi connectivity index (χ0v) is 14.3. The first-order chi connectivity index (χ1) is 12.0. The van der Waals surface area contributed by atoms with Crippen molar-refractivity contribution in [2.45, 2.75) is 22.5 Å². The number of nitriles is 1. The highest BCUT2D eigenvalue weighted by molar-refractivity contribution is 7.99. The van der Waals surface area contributed by atoms with E-state index >= 15 is 0 Å². The van der Waals surface area contributed by atoms with Gasteiger partial charge in [0.2, 0.25) is 5.63 Å². The first-order valence-corrected chi connectivity index (χ1v) is 7.99. The van der Waals surface area contributed by atoms with Gasteiger partial charge in [0, 0.05) is 0 Å². The van der Waals surface area contributed by atoms with Gasteiger partial charge in [-0.15, -0.1) is 0 Å². The molecule has 0 amide bonds. The monoisotopic (exact) mass is 437 g/mol. The molecule has 1 atom stereocenters. The van der Waals surface area contributed by atoms with Crippen molar-refractivity contribution in [3.8, 4) is 11.8 Å². The minimum atomic E-state index is -4.92. The molecule has 0 aliphatic heterocycles. The van der Waals surface area contributed by atoms with Gasteiger partial charge in [-0.05, 0) is 12.1 Å². The van der Waals surface area contributed by atoms with E-state index in [0.29, 0.717) is 10.7 Å². The second kappa shape index (κ2) is 7.54. The molecule has 0 N–H and O–H groups in total. The molecule has 1 heterocycles. The van der Waals surface area contributed by atoms with Crippen LogP contribution in [-0.2, 0) is 6.18 Å². The van der Waals surface area contributed by atoms with Gasteiger partial charge in [-0.3, -0.25) is 0 Å². The topological polar surface area (TPSA) is 41.6 Å². The Bertz CT molecular complexity index is 851. The molecule has 0 spiro atoms. The molecule has 26 heavy (non-hydrogen) atoms. The van der Waals surface area contributed by atoms with E-state index in [4.69, 9.17) is 28.5 Å². The van der Waals surface area contributed by atoms with Crippen molar-refractivity contribution in [2.75, 3.05) is 0 Å². The molecule has 140 valence electrons. The van der Waals surface area contributed by atoms with Gasteiger partial charge in [0.1, 0.15) is 17.5 Å².